The molecule has 3 rings (SSSR count). The summed E-state index contributed by atoms with van der Waals surface area (Å²) in [6, 6.07) is 3.80. The lowest BCUT2D eigenvalue weighted by molar-refractivity contribution is -0.122. The van der Waals surface area contributed by atoms with E-state index in [4.69, 9.17) is 4.74 Å². The van der Waals surface area contributed by atoms with E-state index in [1.54, 1.807) is 17.1 Å². The highest BCUT2D eigenvalue weighted by Gasteiger charge is 2.15. The summed E-state index contributed by atoms with van der Waals surface area (Å²) in [5, 5.41) is 7.02. The van der Waals surface area contributed by atoms with Crippen LogP contribution >= 0.6 is 0 Å². The molecule has 0 aromatic carbocycles. The van der Waals surface area contributed by atoms with Crippen molar-refractivity contribution in [1.82, 2.24) is 20.1 Å². The molecule has 0 bridgehead atoms. The molecule has 0 unspecified atom stereocenters. The molecular weight excluding hydrogens is 304 g/mol. The SMILES string of the molecule is Cc1cnn(CC(=O)NCc2ccnc(OC3CCCCC3)c2)c1. The van der Waals surface area contributed by atoms with Gasteiger partial charge >= 0.3 is 0 Å². The molecule has 1 fully saturated rings. The van der Waals surface area contributed by atoms with Gasteiger partial charge in [-0.25, -0.2) is 4.98 Å². The lowest BCUT2D eigenvalue weighted by Gasteiger charge is -2.22. The number of carbonyl (C=O) groups is 1. The number of nitrogens with one attached hydrogen (secondary N) is 1. The Labute approximate surface area is 142 Å². The van der Waals surface area contributed by atoms with Crippen molar-refractivity contribution in [3.8, 4) is 5.88 Å². The number of aromatic nitrogens is 3. The quantitative estimate of drug-likeness (QED) is 0.885. The molecule has 6 nitrogen and oxygen atoms in total. The van der Waals surface area contributed by atoms with Crippen molar-refractivity contribution in [2.75, 3.05) is 0 Å². The van der Waals surface area contributed by atoms with E-state index in [-0.39, 0.29) is 18.6 Å². The first-order valence-electron chi connectivity index (χ1n) is 8.56. The van der Waals surface area contributed by atoms with Gasteiger partial charge in [-0.15, -0.1) is 0 Å². The minimum Gasteiger partial charge on any atom is -0.474 e. The number of aryl methyl sites for hydroxylation is 1. The van der Waals surface area contributed by atoms with Crippen molar-refractivity contribution >= 4 is 5.91 Å². The molecule has 128 valence electrons. The molecule has 24 heavy (non-hydrogen) atoms. The van der Waals surface area contributed by atoms with Gasteiger partial charge < -0.3 is 10.1 Å². The van der Waals surface area contributed by atoms with Crippen LogP contribution in [0.15, 0.2) is 30.7 Å². The predicted molar refractivity (Wildman–Crippen MR) is 90.5 cm³/mol. The maximum Gasteiger partial charge on any atom is 0.241 e. The van der Waals surface area contributed by atoms with Gasteiger partial charge in [-0.05, 0) is 49.8 Å². The number of nitrogens with zero attached hydrogens (tertiary/aromatic N) is 3. The van der Waals surface area contributed by atoms with Crippen molar-refractivity contribution in [3.63, 3.8) is 0 Å². The number of hydrogen-bond donors (Lipinski definition) is 1. The third-order valence-corrected chi connectivity index (χ3v) is 4.20. The molecule has 1 N–H and O–H groups in total. The zero-order valence-electron chi connectivity index (χ0n) is 14.1. The van der Waals surface area contributed by atoms with Crippen molar-refractivity contribution in [3.05, 3.63) is 41.9 Å². The van der Waals surface area contributed by atoms with E-state index in [1.807, 2.05) is 25.3 Å². The monoisotopic (exact) mass is 328 g/mol. The Balaban J connectivity index is 1.49. The lowest BCUT2D eigenvalue weighted by atomic mass is 9.98. The maximum absolute atomic E-state index is 12.0. The molecule has 0 spiro atoms. The van der Waals surface area contributed by atoms with Gasteiger partial charge in [0.05, 0.1) is 6.20 Å². The van der Waals surface area contributed by atoms with Crippen LogP contribution in [0, 0.1) is 6.92 Å². The van der Waals surface area contributed by atoms with Gasteiger partial charge in [0.1, 0.15) is 12.6 Å². The minimum absolute atomic E-state index is 0.0651. The Kier molecular flexibility index (Phi) is 5.46. The fraction of sp³-hybridized carbons (Fsp3) is 0.500. The first-order valence-corrected chi connectivity index (χ1v) is 8.56. The molecule has 0 saturated heterocycles. The molecule has 2 aromatic heterocycles. The zero-order chi connectivity index (χ0) is 16.8. The van der Waals surface area contributed by atoms with E-state index in [2.05, 4.69) is 15.4 Å². The topological polar surface area (TPSA) is 69.0 Å². The summed E-state index contributed by atoms with van der Waals surface area (Å²) in [7, 11) is 0. The summed E-state index contributed by atoms with van der Waals surface area (Å²) >= 11 is 0. The third-order valence-electron chi connectivity index (χ3n) is 4.20. The number of hydrogen-bond acceptors (Lipinski definition) is 4. The van der Waals surface area contributed by atoms with Gasteiger partial charge in [0.15, 0.2) is 0 Å². The van der Waals surface area contributed by atoms with E-state index in [0.29, 0.717) is 12.4 Å². The van der Waals surface area contributed by atoms with E-state index < -0.39 is 0 Å². The summed E-state index contributed by atoms with van der Waals surface area (Å²) in [4.78, 5) is 16.3. The molecule has 1 aliphatic rings. The Bertz CT molecular complexity index is 677. The van der Waals surface area contributed by atoms with Crippen LogP contribution < -0.4 is 10.1 Å². The summed E-state index contributed by atoms with van der Waals surface area (Å²) in [6.07, 6.45) is 11.6. The standard InChI is InChI=1S/C18H24N4O2/c1-14-10-21-22(12-14)13-17(23)20-11-15-7-8-19-18(9-15)24-16-5-3-2-4-6-16/h7-10,12,16H,2-6,11,13H2,1H3,(H,20,23). The third kappa shape index (κ3) is 4.81. The average Bonchev–Trinajstić information content (AvgIpc) is 2.99. The number of rotatable bonds is 6. The van der Waals surface area contributed by atoms with E-state index >= 15 is 0 Å². The van der Waals surface area contributed by atoms with Crippen LogP contribution in [0.3, 0.4) is 0 Å². The second-order valence-electron chi connectivity index (χ2n) is 6.37. The van der Waals surface area contributed by atoms with Gasteiger partial charge in [-0.3, -0.25) is 9.48 Å². The Morgan fingerprint density at radius 1 is 1.38 bits per heavy atom. The molecular formula is C18H24N4O2. The van der Waals surface area contributed by atoms with Gasteiger partial charge in [-0.1, -0.05) is 6.42 Å². The second kappa shape index (κ2) is 7.95. The summed E-state index contributed by atoms with van der Waals surface area (Å²) < 4.78 is 7.60. The maximum atomic E-state index is 12.0. The first kappa shape index (κ1) is 16.5. The Morgan fingerprint density at radius 2 is 2.21 bits per heavy atom. The van der Waals surface area contributed by atoms with Crippen LogP contribution in [0.1, 0.15) is 43.2 Å². The van der Waals surface area contributed by atoms with Gasteiger partial charge in [0.2, 0.25) is 11.8 Å². The highest BCUT2D eigenvalue weighted by atomic mass is 16.5. The van der Waals surface area contributed by atoms with Crippen LogP contribution in [-0.2, 0) is 17.9 Å². The molecule has 2 heterocycles. The largest absolute Gasteiger partial charge is 0.474 e. The summed E-state index contributed by atoms with van der Waals surface area (Å²) in [5.74, 6) is 0.584. The average molecular weight is 328 g/mol. The molecule has 0 radical (unpaired) electrons. The molecule has 0 aliphatic heterocycles. The molecule has 2 aromatic rings. The minimum atomic E-state index is -0.0651. The smallest absolute Gasteiger partial charge is 0.241 e. The Hall–Kier alpha value is -2.37. The number of ether oxygens (including phenoxy) is 1. The van der Waals surface area contributed by atoms with E-state index in [9.17, 15) is 4.79 Å². The normalized spacial score (nSPS) is 15.2. The van der Waals surface area contributed by atoms with Crippen molar-refractivity contribution in [2.45, 2.75) is 58.2 Å². The summed E-state index contributed by atoms with van der Waals surface area (Å²) in [6.45, 7) is 2.64. The summed E-state index contributed by atoms with van der Waals surface area (Å²) in [5.41, 5.74) is 2.03. The van der Waals surface area contributed by atoms with Crippen LogP contribution in [0.25, 0.3) is 0 Å². The molecule has 0 atom stereocenters. The molecule has 1 saturated carbocycles. The molecule has 1 amide bonds. The van der Waals surface area contributed by atoms with Gasteiger partial charge in [0.25, 0.3) is 0 Å². The van der Waals surface area contributed by atoms with E-state index in [1.165, 1.54) is 19.3 Å². The van der Waals surface area contributed by atoms with Crippen LogP contribution in [0.5, 0.6) is 5.88 Å². The fourth-order valence-electron chi connectivity index (χ4n) is 2.94. The predicted octanol–water partition coefficient (Wildman–Crippen LogP) is 2.61. The van der Waals surface area contributed by atoms with Crippen molar-refractivity contribution in [1.29, 1.82) is 0 Å². The van der Waals surface area contributed by atoms with Crippen molar-refractivity contribution < 1.29 is 9.53 Å². The fourth-order valence-corrected chi connectivity index (χ4v) is 2.94. The Morgan fingerprint density at radius 3 is 2.96 bits per heavy atom. The first-order chi connectivity index (χ1) is 11.7. The van der Waals surface area contributed by atoms with Crippen molar-refractivity contribution in [2.24, 2.45) is 0 Å². The number of amides is 1. The highest BCUT2D eigenvalue weighted by Crippen LogP contribution is 2.22. The second-order valence-corrected chi connectivity index (χ2v) is 6.37. The zero-order valence-corrected chi connectivity index (χ0v) is 14.1. The number of pyridine rings is 1. The van der Waals surface area contributed by atoms with Crippen LogP contribution in [0.2, 0.25) is 0 Å². The van der Waals surface area contributed by atoms with Crippen LogP contribution in [0.4, 0.5) is 0 Å². The molecule has 6 heteroatoms. The van der Waals surface area contributed by atoms with E-state index in [0.717, 1.165) is 24.0 Å². The van der Waals surface area contributed by atoms with Gasteiger partial charge in [0, 0.05) is 25.0 Å². The van der Waals surface area contributed by atoms with Gasteiger partial charge in [-0.2, -0.15) is 5.10 Å². The molecule has 1 aliphatic carbocycles. The van der Waals surface area contributed by atoms with Crippen LogP contribution in [-0.4, -0.2) is 26.8 Å². The number of carbonyl (C=O) groups excluding carboxylic acids is 1. The highest BCUT2D eigenvalue weighted by molar-refractivity contribution is 5.75. The lowest BCUT2D eigenvalue weighted by Crippen LogP contribution is -2.27.